The van der Waals surface area contributed by atoms with Crippen molar-refractivity contribution in [1.82, 2.24) is 15.2 Å². The normalized spacial score (nSPS) is 12.5. The molecule has 0 aliphatic heterocycles. The number of hydrogen-bond donors (Lipinski definition) is 2. The number of hydrogen-bond acceptors (Lipinski definition) is 5. The molecule has 0 bridgehead atoms. The first-order valence-electron chi connectivity index (χ1n) is 6.32. The average molecular weight is 237 g/mol. The Bertz CT molecular complexity index is 326. The van der Waals surface area contributed by atoms with Crippen LogP contribution in [0.15, 0.2) is 6.20 Å². The van der Waals surface area contributed by atoms with Crippen molar-refractivity contribution >= 4 is 11.8 Å². The van der Waals surface area contributed by atoms with E-state index in [1.54, 1.807) is 6.20 Å². The maximum Gasteiger partial charge on any atom is 0.244 e. The minimum absolute atomic E-state index is 0.364. The molecule has 0 fully saturated rings. The lowest BCUT2D eigenvalue weighted by Crippen LogP contribution is -2.17. The molecular weight excluding hydrogens is 214 g/mol. The van der Waals surface area contributed by atoms with Crippen molar-refractivity contribution in [2.75, 3.05) is 17.2 Å². The summed E-state index contributed by atoms with van der Waals surface area (Å²) in [6.45, 7) is 9.54. The Morgan fingerprint density at radius 1 is 1.29 bits per heavy atom. The van der Waals surface area contributed by atoms with Crippen molar-refractivity contribution in [2.45, 2.75) is 46.6 Å². The predicted molar refractivity (Wildman–Crippen MR) is 71.1 cm³/mol. The molecular formula is C12H23N5. The van der Waals surface area contributed by atoms with Crippen LogP contribution in [-0.2, 0) is 0 Å². The van der Waals surface area contributed by atoms with E-state index in [0.717, 1.165) is 25.2 Å². The number of nitrogens with one attached hydrogen (secondary N) is 2. The molecule has 0 aliphatic rings. The van der Waals surface area contributed by atoms with Crippen LogP contribution in [0.3, 0.4) is 0 Å². The Kier molecular flexibility index (Phi) is 5.66. The minimum Gasteiger partial charge on any atom is -0.369 e. The van der Waals surface area contributed by atoms with Gasteiger partial charge in [0.1, 0.15) is 5.82 Å². The largest absolute Gasteiger partial charge is 0.369 e. The summed E-state index contributed by atoms with van der Waals surface area (Å²) in [4.78, 5) is 4.36. The average Bonchev–Trinajstić information content (AvgIpc) is 2.29. The van der Waals surface area contributed by atoms with Crippen LogP contribution >= 0.6 is 0 Å². The molecule has 0 spiro atoms. The fourth-order valence-corrected chi connectivity index (χ4v) is 1.26. The highest BCUT2D eigenvalue weighted by molar-refractivity contribution is 5.37. The van der Waals surface area contributed by atoms with Crippen molar-refractivity contribution in [3.05, 3.63) is 6.20 Å². The Hall–Kier alpha value is -1.39. The second-order valence-corrected chi connectivity index (χ2v) is 4.73. The van der Waals surface area contributed by atoms with Gasteiger partial charge in [-0.05, 0) is 25.7 Å². The van der Waals surface area contributed by atoms with E-state index < -0.39 is 0 Å². The van der Waals surface area contributed by atoms with E-state index in [-0.39, 0.29) is 0 Å². The van der Waals surface area contributed by atoms with Crippen LogP contribution in [0, 0.1) is 5.92 Å². The molecule has 0 aromatic carbocycles. The highest BCUT2D eigenvalue weighted by Crippen LogP contribution is 2.07. The van der Waals surface area contributed by atoms with Crippen LogP contribution in [0.2, 0.25) is 0 Å². The van der Waals surface area contributed by atoms with E-state index >= 15 is 0 Å². The molecule has 1 aromatic rings. The van der Waals surface area contributed by atoms with E-state index in [4.69, 9.17) is 0 Å². The molecule has 1 rings (SSSR count). The standard InChI is InChI=1S/C12H23N5/c1-5-10(4)15-12-16-11(8-14-17-12)13-7-6-9(2)3/h8-10H,5-7H2,1-4H3,(H2,13,15,16,17). The van der Waals surface area contributed by atoms with Crippen LogP contribution in [-0.4, -0.2) is 27.8 Å². The van der Waals surface area contributed by atoms with Gasteiger partial charge in [-0.15, -0.1) is 5.10 Å². The maximum atomic E-state index is 4.36. The van der Waals surface area contributed by atoms with Crippen molar-refractivity contribution < 1.29 is 0 Å². The summed E-state index contributed by atoms with van der Waals surface area (Å²) in [6.07, 6.45) is 3.81. The highest BCUT2D eigenvalue weighted by atomic mass is 15.3. The van der Waals surface area contributed by atoms with Crippen LogP contribution in [0.4, 0.5) is 11.8 Å². The molecule has 5 nitrogen and oxygen atoms in total. The molecule has 0 radical (unpaired) electrons. The molecule has 1 unspecified atom stereocenters. The lowest BCUT2D eigenvalue weighted by Gasteiger charge is -2.12. The summed E-state index contributed by atoms with van der Waals surface area (Å²) in [5.74, 6) is 2.07. The maximum absolute atomic E-state index is 4.36. The Morgan fingerprint density at radius 2 is 2.06 bits per heavy atom. The van der Waals surface area contributed by atoms with Gasteiger partial charge in [-0.1, -0.05) is 20.8 Å². The first kappa shape index (κ1) is 13.7. The zero-order valence-electron chi connectivity index (χ0n) is 11.2. The van der Waals surface area contributed by atoms with Crippen molar-refractivity contribution in [2.24, 2.45) is 5.92 Å². The monoisotopic (exact) mass is 237 g/mol. The molecule has 0 aliphatic carbocycles. The predicted octanol–water partition coefficient (Wildman–Crippen LogP) is 2.54. The van der Waals surface area contributed by atoms with Gasteiger partial charge < -0.3 is 10.6 Å². The van der Waals surface area contributed by atoms with Crippen molar-refractivity contribution in [1.29, 1.82) is 0 Å². The van der Waals surface area contributed by atoms with E-state index in [2.05, 4.69) is 53.5 Å². The minimum atomic E-state index is 0.364. The third-order valence-corrected chi connectivity index (χ3v) is 2.57. The number of anilines is 2. The molecule has 0 amide bonds. The second-order valence-electron chi connectivity index (χ2n) is 4.73. The van der Waals surface area contributed by atoms with Crippen LogP contribution in [0.5, 0.6) is 0 Å². The molecule has 0 saturated carbocycles. The number of rotatable bonds is 7. The molecule has 96 valence electrons. The van der Waals surface area contributed by atoms with Crippen LogP contribution < -0.4 is 10.6 Å². The van der Waals surface area contributed by atoms with Crippen LogP contribution in [0.25, 0.3) is 0 Å². The fraction of sp³-hybridized carbons (Fsp3) is 0.750. The van der Waals surface area contributed by atoms with Gasteiger partial charge in [0.2, 0.25) is 5.95 Å². The van der Waals surface area contributed by atoms with Gasteiger partial charge in [0.25, 0.3) is 0 Å². The lowest BCUT2D eigenvalue weighted by molar-refractivity contribution is 0.606. The summed E-state index contributed by atoms with van der Waals surface area (Å²) in [7, 11) is 0. The highest BCUT2D eigenvalue weighted by Gasteiger charge is 2.03. The van der Waals surface area contributed by atoms with E-state index in [9.17, 15) is 0 Å². The zero-order chi connectivity index (χ0) is 12.7. The summed E-state index contributed by atoms with van der Waals surface area (Å²) in [6, 6.07) is 0.364. The second kappa shape index (κ2) is 7.04. The quantitative estimate of drug-likeness (QED) is 0.763. The van der Waals surface area contributed by atoms with E-state index in [1.807, 2.05) is 0 Å². The van der Waals surface area contributed by atoms with Crippen molar-refractivity contribution in [3.8, 4) is 0 Å². The van der Waals surface area contributed by atoms with E-state index in [1.165, 1.54) is 0 Å². The smallest absolute Gasteiger partial charge is 0.244 e. The van der Waals surface area contributed by atoms with Gasteiger partial charge in [0, 0.05) is 12.6 Å². The Labute approximate surface area is 103 Å². The van der Waals surface area contributed by atoms with Gasteiger partial charge in [-0.3, -0.25) is 0 Å². The molecule has 0 saturated heterocycles. The summed E-state index contributed by atoms with van der Waals surface area (Å²) in [5, 5.41) is 14.4. The van der Waals surface area contributed by atoms with Gasteiger partial charge in [0.15, 0.2) is 0 Å². The first-order valence-corrected chi connectivity index (χ1v) is 6.32. The lowest BCUT2D eigenvalue weighted by atomic mass is 10.1. The SMILES string of the molecule is CCC(C)Nc1nncc(NCCC(C)C)n1. The summed E-state index contributed by atoms with van der Waals surface area (Å²) < 4.78 is 0. The number of nitrogens with zero attached hydrogens (tertiary/aromatic N) is 3. The topological polar surface area (TPSA) is 62.7 Å². The Balaban J connectivity index is 2.48. The van der Waals surface area contributed by atoms with Crippen LogP contribution in [0.1, 0.15) is 40.5 Å². The molecule has 2 N–H and O–H groups in total. The van der Waals surface area contributed by atoms with Gasteiger partial charge >= 0.3 is 0 Å². The molecule has 5 heteroatoms. The molecule has 1 atom stereocenters. The summed E-state index contributed by atoms with van der Waals surface area (Å²) in [5.41, 5.74) is 0. The molecule has 17 heavy (non-hydrogen) atoms. The van der Waals surface area contributed by atoms with Gasteiger partial charge in [-0.25, -0.2) is 0 Å². The van der Waals surface area contributed by atoms with Crippen molar-refractivity contribution in [3.63, 3.8) is 0 Å². The first-order chi connectivity index (χ1) is 8.11. The number of aromatic nitrogens is 3. The zero-order valence-corrected chi connectivity index (χ0v) is 11.2. The third-order valence-electron chi connectivity index (χ3n) is 2.57. The summed E-state index contributed by atoms with van der Waals surface area (Å²) >= 11 is 0. The van der Waals surface area contributed by atoms with Gasteiger partial charge in [-0.2, -0.15) is 10.1 Å². The van der Waals surface area contributed by atoms with Gasteiger partial charge in [0.05, 0.1) is 6.20 Å². The molecule has 1 heterocycles. The Morgan fingerprint density at radius 3 is 2.71 bits per heavy atom. The van der Waals surface area contributed by atoms with E-state index in [0.29, 0.717) is 17.9 Å². The fourth-order valence-electron chi connectivity index (χ4n) is 1.26. The molecule has 1 aromatic heterocycles. The third kappa shape index (κ3) is 5.47.